The van der Waals surface area contributed by atoms with Gasteiger partial charge in [-0.2, -0.15) is 0 Å². The van der Waals surface area contributed by atoms with Crippen LogP contribution in [0.2, 0.25) is 0 Å². The molecule has 2 heterocycles. The minimum Gasteiger partial charge on any atom is -0.482 e. The van der Waals surface area contributed by atoms with Gasteiger partial charge in [0.05, 0.1) is 11.5 Å². The van der Waals surface area contributed by atoms with E-state index in [0.717, 1.165) is 11.3 Å². The van der Waals surface area contributed by atoms with Crippen LogP contribution in [0.5, 0.6) is 5.75 Å². The number of sulfone groups is 1. The second kappa shape index (κ2) is 8.41. The lowest BCUT2D eigenvalue weighted by Gasteiger charge is -2.16. The summed E-state index contributed by atoms with van der Waals surface area (Å²) >= 11 is 0. The third kappa shape index (κ3) is 5.06. The molecule has 1 aliphatic heterocycles. The highest BCUT2D eigenvalue weighted by atomic mass is 32.2. The smallest absolute Gasteiger partial charge is 0.344 e. The lowest BCUT2D eigenvalue weighted by Crippen LogP contribution is -2.20. The first-order chi connectivity index (χ1) is 13.7. The molecule has 29 heavy (non-hydrogen) atoms. The molecule has 0 N–H and O–H groups in total. The molecule has 0 aliphatic carbocycles. The maximum absolute atomic E-state index is 12.5. The van der Waals surface area contributed by atoms with E-state index in [-0.39, 0.29) is 36.5 Å². The maximum Gasteiger partial charge on any atom is 0.344 e. The second-order valence-electron chi connectivity index (χ2n) is 7.40. The van der Waals surface area contributed by atoms with Crippen molar-refractivity contribution in [2.24, 2.45) is 0 Å². The molecule has 0 saturated carbocycles. The molecule has 0 spiro atoms. The summed E-state index contributed by atoms with van der Waals surface area (Å²) < 4.78 is 35.9. The Morgan fingerprint density at radius 1 is 1.14 bits per heavy atom. The molecule has 1 saturated heterocycles. The zero-order chi connectivity index (χ0) is 21.2. The molecular formula is C21H25NO6S. The Hall–Kier alpha value is -2.61. The van der Waals surface area contributed by atoms with Crippen molar-refractivity contribution in [3.05, 3.63) is 52.8 Å². The Bertz CT molecular complexity index is 1040. The number of ether oxygens (including phenoxy) is 2. The highest BCUT2D eigenvalue weighted by Gasteiger charge is 2.31. The van der Waals surface area contributed by atoms with Crippen molar-refractivity contribution in [1.82, 2.24) is 4.57 Å². The van der Waals surface area contributed by atoms with Gasteiger partial charge in [-0.15, -0.1) is 0 Å². The van der Waals surface area contributed by atoms with Crippen LogP contribution < -0.4 is 4.74 Å². The minimum absolute atomic E-state index is 0.0856. The monoisotopic (exact) mass is 419 g/mol. The fourth-order valence-corrected chi connectivity index (χ4v) is 5.41. The van der Waals surface area contributed by atoms with E-state index in [2.05, 4.69) is 0 Å². The van der Waals surface area contributed by atoms with Crippen LogP contribution in [0.25, 0.3) is 0 Å². The third-order valence-corrected chi connectivity index (χ3v) is 6.82. The molecule has 156 valence electrons. The number of aromatic nitrogens is 1. The number of carbonyl (C=O) groups is 2. The van der Waals surface area contributed by atoms with Crippen molar-refractivity contribution in [1.29, 1.82) is 0 Å². The number of aryl methyl sites for hydroxylation is 2. The predicted octanol–water partition coefficient (Wildman–Crippen LogP) is 2.58. The van der Waals surface area contributed by atoms with Gasteiger partial charge >= 0.3 is 5.97 Å². The highest BCUT2D eigenvalue weighted by Crippen LogP contribution is 2.29. The molecule has 1 atom stereocenters. The number of rotatable bonds is 7. The molecule has 2 aromatic rings. The molecule has 0 amide bonds. The van der Waals surface area contributed by atoms with E-state index in [1.165, 1.54) is 0 Å². The summed E-state index contributed by atoms with van der Waals surface area (Å²) in [5.41, 5.74) is 2.97. The highest BCUT2D eigenvalue weighted by molar-refractivity contribution is 7.91. The van der Waals surface area contributed by atoms with E-state index in [1.807, 2.05) is 30.5 Å². The summed E-state index contributed by atoms with van der Waals surface area (Å²) in [5, 5.41) is 0. The molecular weight excluding hydrogens is 394 g/mol. The van der Waals surface area contributed by atoms with Gasteiger partial charge < -0.3 is 14.0 Å². The Morgan fingerprint density at radius 3 is 2.55 bits per heavy atom. The van der Waals surface area contributed by atoms with E-state index in [4.69, 9.17) is 9.47 Å². The van der Waals surface area contributed by atoms with E-state index in [9.17, 15) is 18.0 Å². The molecule has 0 unspecified atom stereocenters. The van der Waals surface area contributed by atoms with Crippen molar-refractivity contribution in [3.63, 3.8) is 0 Å². The van der Waals surface area contributed by atoms with Gasteiger partial charge in [0.2, 0.25) is 5.78 Å². The Balaban J connectivity index is 1.58. The van der Waals surface area contributed by atoms with Crippen LogP contribution >= 0.6 is 0 Å². The van der Waals surface area contributed by atoms with Crippen LogP contribution in [0.15, 0.2) is 30.3 Å². The molecule has 3 rings (SSSR count). The number of ketones is 1. The zero-order valence-electron chi connectivity index (χ0n) is 16.8. The fourth-order valence-electron chi connectivity index (χ4n) is 3.71. The minimum atomic E-state index is -3.03. The Morgan fingerprint density at radius 2 is 1.90 bits per heavy atom. The van der Waals surface area contributed by atoms with Crippen molar-refractivity contribution in [3.8, 4) is 5.75 Å². The van der Waals surface area contributed by atoms with Crippen LogP contribution in [0.3, 0.4) is 0 Å². The quantitative estimate of drug-likeness (QED) is 0.506. The van der Waals surface area contributed by atoms with Crippen LogP contribution in [0, 0.1) is 20.8 Å². The van der Waals surface area contributed by atoms with Gasteiger partial charge in [-0.1, -0.05) is 12.1 Å². The third-order valence-electron chi connectivity index (χ3n) is 5.07. The lowest BCUT2D eigenvalue weighted by molar-refractivity contribution is -0.144. The topological polar surface area (TPSA) is 91.7 Å². The first kappa shape index (κ1) is 21.1. The fraction of sp³-hybridized carbons (Fsp3) is 0.429. The largest absolute Gasteiger partial charge is 0.482 e. The van der Waals surface area contributed by atoms with Gasteiger partial charge in [0.25, 0.3) is 0 Å². The van der Waals surface area contributed by atoms with Crippen LogP contribution in [0.4, 0.5) is 0 Å². The standard InChI is InChI=1S/C21H25NO6S/c1-14-5-4-6-18(9-14)27-12-21(24)28-11-20(23)19-10-15(2)22(16(19)3)17-7-8-29(25,26)13-17/h4-6,9-10,17H,7-8,11-13H2,1-3H3/t17-/m1/s1. The summed E-state index contributed by atoms with van der Waals surface area (Å²) in [5.74, 6) is -0.147. The number of carbonyl (C=O) groups excluding carboxylic acids is 2. The Kier molecular flexibility index (Phi) is 6.12. The van der Waals surface area contributed by atoms with Crippen LogP contribution in [-0.2, 0) is 19.4 Å². The van der Waals surface area contributed by atoms with Gasteiger partial charge in [0, 0.05) is 23.0 Å². The molecule has 1 fully saturated rings. The number of esters is 1. The SMILES string of the molecule is Cc1cccc(OCC(=O)OCC(=O)c2cc(C)n([C@@H]3CCS(=O)(=O)C3)c2C)c1. The first-order valence-corrected chi connectivity index (χ1v) is 11.3. The number of hydrogen-bond acceptors (Lipinski definition) is 6. The number of Topliss-reactive ketones (excluding diaryl/α,β-unsaturated/α-hetero) is 1. The Labute approximate surface area is 170 Å². The first-order valence-electron chi connectivity index (χ1n) is 9.43. The summed E-state index contributed by atoms with van der Waals surface area (Å²) in [6.07, 6.45) is 0.539. The van der Waals surface area contributed by atoms with Gasteiger partial charge in [-0.05, 0) is 51.0 Å². The number of nitrogens with zero attached hydrogens (tertiary/aromatic N) is 1. The molecule has 0 bridgehead atoms. The summed E-state index contributed by atoms with van der Waals surface area (Å²) in [6, 6.07) is 8.85. The normalized spacial score (nSPS) is 17.8. The summed E-state index contributed by atoms with van der Waals surface area (Å²) in [6.45, 7) is 4.88. The predicted molar refractivity (Wildman–Crippen MR) is 108 cm³/mol. The number of hydrogen-bond donors (Lipinski definition) is 0. The molecule has 0 radical (unpaired) electrons. The summed E-state index contributed by atoms with van der Waals surface area (Å²) in [7, 11) is -3.03. The maximum atomic E-state index is 12.5. The van der Waals surface area contributed by atoms with Gasteiger partial charge in [-0.25, -0.2) is 13.2 Å². The molecule has 1 aromatic carbocycles. The van der Waals surface area contributed by atoms with E-state index < -0.39 is 15.8 Å². The van der Waals surface area contributed by atoms with Crippen molar-refractivity contribution in [2.45, 2.75) is 33.2 Å². The van der Waals surface area contributed by atoms with Crippen molar-refractivity contribution in [2.75, 3.05) is 24.7 Å². The number of benzene rings is 1. The van der Waals surface area contributed by atoms with Crippen LogP contribution in [0.1, 0.15) is 39.8 Å². The van der Waals surface area contributed by atoms with Crippen molar-refractivity contribution < 1.29 is 27.5 Å². The van der Waals surface area contributed by atoms with E-state index >= 15 is 0 Å². The van der Waals surface area contributed by atoms with Gasteiger partial charge in [-0.3, -0.25) is 4.79 Å². The van der Waals surface area contributed by atoms with Crippen molar-refractivity contribution >= 4 is 21.6 Å². The van der Waals surface area contributed by atoms with E-state index in [0.29, 0.717) is 23.4 Å². The average molecular weight is 419 g/mol. The molecule has 8 heteroatoms. The molecule has 7 nitrogen and oxygen atoms in total. The molecule has 1 aliphatic rings. The van der Waals surface area contributed by atoms with Gasteiger partial charge in [0.15, 0.2) is 23.1 Å². The van der Waals surface area contributed by atoms with Gasteiger partial charge in [0.1, 0.15) is 5.75 Å². The zero-order valence-corrected chi connectivity index (χ0v) is 17.6. The van der Waals surface area contributed by atoms with E-state index in [1.54, 1.807) is 25.1 Å². The second-order valence-corrected chi connectivity index (χ2v) is 9.63. The lowest BCUT2D eigenvalue weighted by atomic mass is 10.1. The van der Waals surface area contributed by atoms with Crippen LogP contribution in [-0.4, -0.2) is 49.5 Å². The summed E-state index contributed by atoms with van der Waals surface area (Å²) in [4.78, 5) is 24.5. The molecule has 1 aromatic heterocycles. The average Bonchev–Trinajstić information content (AvgIpc) is 3.16.